The van der Waals surface area contributed by atoms with E-state index in [0.29, 0.717) is 12.0 Å². The van der Waals surface area contributed by atoms with Crippen LogP contribution < -0.4 is 0 Å². The first-order valence-corrected chi connectivity index (χ1v) is 11.6. The largest absolute Gasteiger partial charge is 0.478 e. The third-order valence-corrected chi connectivity index (χ3v) is 9.10. The van der Waals surface area contributed by atoms with Crippen LogP contribution in [0.4, 0.5) is 4.39 Å². The molecule has 4 aliphatic carbocycles. The molecule has 176 valence electrons. The van der Waals surface area contributed by atoms with Gasteiger partial charge in [0.15, 0.2) is 5.78 Å². The summed E-state index contributed by atoms with van der Waals surface area (Å²) in [6.45, 7) is 6.73. The number of ketones is 1. The first-order valence-electron chi connectivity index (χ1n) is 11.2. The summed E-state index contributed by atoms with van der Waals surface area (Å²) in [5, 5.41) is 20.7. The van der Waals surface area contributed by atoms with Gasteiger partial charge in [-0.2, -0.15) is 0 Å². The Hall–Kier alpha value is -1.73. The Balaban J connectivity index is 1.81. The second kappa shape index (κ2) is 7.39. The highest BCUT2D eigenvalue weighted by atomic mass is 35.5. The molecule has 4 rings (SSSR count). The van der Waals surface area contributed by atoms with E-state index in [4.69, 9.17) is 16.3 Å². The number of fused-ring (bicyclic) bond motifs is 5. The van der Waals surface area contributed by atoms with E-state index in [0.717, 1.165) is 0 Å². The summed E-state index contributed by atoms with van der Waals surface area (Å²) in [6, 6.07) is 0. The van der Waals surface area contributed by atoms with Crippen LogP contribution in [0.5, 0.6) is 0 Å². The van der Waals surface area contributed by atoms with Crippen LogP contribution in [0.25, 0.3) is 0 Å². The molecular formula is C24H30ClFO6. The number of halogens is 2. The molecule has 6 nitrogen and oxygen atoms in total. The Morgan fingerprint density at radius 2 is 1.97 bits per heavy atom. The standard InChI is InChI=1S/C24H30ClFO6/c1-11-7-15-14-9-17(26)16-8-13(27)5-6-22(16,3)19(14)18(28)10-23(15,4)24(11,21(30)31)32-20(29)12(2)25/h5-6,8,11-12,14-15,17-19,28H,7,9-10H2,1-4H3,(H,30,31)/t11-,12?,14-,15-,17-,18-,19+,22-,23-,24-/m0/s1. The molecule has 0 spiro atoms. The zero-order valence-corrected chi connectivity index (χ0v) is 19.4. The lowest BCUT2D eigenvalue weighted by molar-refractivity contribution is -0.215. The molecule has 0 radical (unpaired) electrons. The SMILES string of the molecule is CC(Cl)C(=O)O[C@]1(C(=O)O)[C@@H](C)C[C@H]2[C@@H]3C[C@H](F)C4=CC(=O)C=C[C@]4(C)[C@H]3[C@@H](O)C[C@@]21C. The Morgan fingerprint density at radius 1 is 1.31 bits per heavy atom. The second-order valence-corrected chi connectivity index (χ2v) is 11.2. The molecule has 0 aromatic rings. The summed E-state index contributed by atoms with van der Waals surface area (Å²) in [5.41, 5.74) is -3.43. The highest BCUT2D eigenvalue weighted by Gasteiger charge is 2.74. The van der Waals surface area contributed by atoms with Crippen molar-refractivity contribution in [1.82, 2.24) is 0 Å². The topological polar surface area (TPSA) is 101 Å². The van der Waals surface area contributed by atoms with Gasteiger partial charge < -0.3 is 14.9 Å². The number of alkyl halides is 2. The van der Waals surface area contributed by atoms with Crippen LogP contribution in [-0.2, 0) is 19.1 Å². The lowest BCUT2D eigenvalue weighted by Gasteiger charge is -2.60. The van der Waals surface area contributed by atoms with Crippen molar-refractivity contribution in [1.29, 1.82) is 0 Å². The van der Waals surface area contributed by atoms with E-state index < -0.39 is 51.9 Å². The molecule has 10 atom stereocenters. The number of carboxylic acid groups (broad SMARTS) is 1. The van der Waals surface area contributed by atoms with Crippen molar-refractivity contribution in [3.8, 4) is 0 Å². The Bertz CT molecular complexity index is 929. The molecule has 0 saturated heterocycles. The van der Waals surface area contributed by atoms with Gasteiger partial charge in [0.25, 0.3) is 0 Å². The van der Waals surface area contributed by atoms with E-state index in [1.54, 1.807) is 19.9 Å². The monoisotopic (exact) mass is 468 g/mol. The van der Waals surface area contributed by atoms with Gasteiger partial charge in [-0.15, -0.1) is 11.6 Å². The molecule has 1 unspecified atom stereocenters. The summed E-state index contributed by atoms with van der Waals surface area (Å²) in [4.78, 5) is 37.1. The molecule has 32 heavy (non-hydrogen) atoms. The van der Waals surface area contributed by atoms with Gasteiger partial charge in [0, 0.05) is 22.7 Å². The van der Waals surface area contributed by atoms with Crippen molar-refractivity contribution in [3.63, 3.8) is 0 Å². The van der Waals surface area contributed by atoms with E-state index in [2.05, 4.69) is 0 Å². The van der Waals surface area contributed by atoms with Crippen LogP contribution in [-0.4, -0.2) is 51.2 Å². The number of carboxylic acids is 1. The van der Waals surface area contributed by atoms with Crippen LogP contribution in [0.15, 0.2) is 23.8 Å². The fraction of sp³-hybridized carbons (Fsp3) is 0.708. The molecule has 0 aromatic carbocycles. The van der Waals surface area contributed by atoms with Crippen LogP contribution in [0.1, 0.15) is 47.0 Å². The minimum Gasteiger partial charge on any atom is -0.478 e. The van der Waals surface area contributed by atoms with E-state index in [1.807, 2.05) is 6.92 Å². The number of ether oxygens (including phenoxy) is 1. The molecule has 0 amide bonds. The molecule has 2 N–H and O–H groups in total. The van der Waals surface area contributed by atoms with Gasteiger partial charge >= 0.3 is 11.9 Å². The predicted octanol–water partition coefficient (Wildman–Crippen LogP) is 3.45. The lowest BCUT2D eigenvalue weighted by atomic mass is 9.46. The normalized spacial score (nSPS) is 48.2. The summed E-state index contributed by atoms with van der Waals surface area (Å²) in [6.07, 6.45) is 2.71. The number of aliphatic hydroxyl groups is 1. The van der Waals surface area contributed by atoms with Crippen LogP contribution >= 0.6 is 11.6 Å². The number of esters is 1. The number of rotatable bonds is 3. The lowest BCUT2D eigenvalue weighted by Crippen LogP contribution is -2.64. The van der Waals surface area contributed by atoms with Crippen molar-refractivity contribution in [2.75, 3.05) is 0 Å². The van der Waals surface area contributed by atoms with E-state index in [-0.39, 0.29) is 36.4 Å². The van der Waals surface area contributed by atoms with Gasteiger partial charge in [-0.25, -0.2) is 9.18 Å². The number of allylic oxidation sites excluding steroid dienone is 4. The molecule has 4 aliphatic rings. The fourth-order valence-corrected chi connectivity index (χ4v) is 7.65. The van der Waals surface area contributed by atoms with Crippen LogP contribution in [0, 0.1) is 34.5 Å². The highest BCUT2D eigenvalue weighted by Crippen LogP contribution is 2.69. The van der Waals surface area contributed by atoms with Crippen LogP contribution in [0.2, 0.25) is 0 Å². The first-order chi connectivity index (χ1) is 14.8. The van der Waals surface area contributed by atoms with Crippen molar-refractivity contribution >= 4 is 29.3 Å². The molecule has 0 heterocycles. The quantitative estimate of drug-likeness (QED) is 0.486. The number of hydrogen-bond donors (Lipinski definition) is 2. The van der Waals surface area contributed by atoms with Gasteiger partial charge in [0.05, 0.1) is 6.10 Å². The van der Waals surface area contributed by atoms with Gasteiger partial charge in [-0.1, -0.05) is 26.8 Å². The van der Waals surface area contributed by atoms with E-state index in [9.17, 15) is 24.6 Å². The average Bonchev–Trinajstić information content (AvgIpc) is 2.90. The minimum atomic E-state index is -1.87. The zero-order valence-electron chi connectivity index (χ0n) is 18.7. The number of aliphatic hydroxyl groups excluding tert-OH is 1. The number of aliphatic carboxylic acids is 1. The maximum absolute atomic E-state index is 15.4. The molecular weight excluding hydrogens is 439 g/mol. The fourth-order valence-electron chi connectivity index (χ4n) is 7.61. The average molecular weight is 469 g/mol. The highest BCUT2D eigenvalue weighted by molar-refractivity contribution is 6.29. The van der Waals surface area contributed by atoms with Crippen LogP contribution in [0.3, 0.4) is 0 Å². The smallest absolute Gasteiger partial charge is 0.349 e. The molecule has 3 fully saturated rings. The number of carbonyl (C=O) groups excluding carboxylic acids is 2. The van der Waals surface area contributed by atoms with Crippen molar-refractivity contribution < 1.29 is 33.7 Å². The maximum Gasteiger partial charge on any atom is 0.349 e. The summed E-state index contributed by atoms with van der Waals surface area (Å²) in [5.74, 6) is -3.91. The van der Waals surface area contributed by atoms with E-state index in [1.165, 1.54) is 19.1 Å². The number of hydrogen-bond acceptors (Lipinski definition) is 5. The summed E-state index contributed by atoms with van der Waals surface area (Å²) < 4.78 is 21.1. The summed E-state index contributed by atoms with van der Waals surface area (Å²) in [7, 11) is 0. The van der Waals surface area contributed by atoms with Crippen molar-refractivity contribution in [2.45, 2.75) is 70.2 Å². The third-order valence-electron chi connectivity index (χ3n) is 8.92. The third kappa shape index (κ3) is 2.89. The molecule has 0 aromatic heterocycles. The van der Waals surface area contributed by atoms with Crippen molar-refractivity contribution in [2.24, 2.45) is 34.5 Å². The minimum absolute atomic E-state index is 0.0844. The van der Waals surface area contributed by atoms with Gasteiger partial charge in [-0.3, -0.25) is 9.59 Å². The maximum atomic E-state index is 15.4. The Labute approximate surface area is 191 Å². The second-order valence-electron chi connectivity index (χ2n) is 10.5. The first kappa shape index (κ1) is 23.4. The van der Waals surface area contributed by atoms with Gasteiger partial charge in [0.2, 0.25) is 5.60 Å². The summed E-state index contributed by atoms with van der Waals surface area (Å²) >= 11 is 5.90. The Kier molecular flexibility index (Phi) is 5.41. The number of carbonyl (C=O) groups is 3. The zero-order chi connectivity index (χ0) is 23.8. The predicted molar refractivity (Wildman–Crippen MR) is 115 cm³/mol. The molecule has 3 saturated carbocycles. The molecule has 0 bridgehead atoms. The molecule has 0 aliphatic heterocycles. The van der Waals surface area contributed by atoms with Crippen molar-refractivity contribution in [3.05, 3.63) is 23.8 Å². The Morgan fingerprint density at radius 3 is 2.56 bits per heavy atom. The van der Waals surface area contributed by atoms with Gasteiger partial charge in [0.1, 0.15) is 11.5 Å². The van der Waals surface area contributed by atoms with E-state index >= 15 is 4.39 Å². The molecule has 8 heteroatoms. The van der Waals surface area contributed by atoms with Gasteiger partial charge in [-0.05, 0) is 55.7 Å².